The topological polar surface area (TPSA) is 59.1 Å². The van der Waals surface area contributed by atoms with E-state index >= 15 is 0 Å². The van der Waals surface area contributed by atoms with Crippen LogP contribution in [0.4, 0.5) is 5.82 Å². The van der Waals surface area contributed by atoms with E-state index in [0.29, 0.717) is 6.42 Å². The van der Waals surface area contributed by atoms with Crippen molar-refractivity contribution in [3.63, 3.8) is 0 Å². The molecule has 0 bridgehead atoms. The zero-order valence-electron chi connectivity index (χ0n) is 11.4. The standard InChI is InChI=1S/C14H17BrN2O2S/c1-10(7-8-20(2,18)19)16-14-6-3-11-9-12(15)4-5-13(11)17-14/h3-6,9-10H,7-8H2,1-2H3,(H,16,17). The molecule has 108 valence electrons. The SMILES string of the molecule is CC(CCS(C)(=O)=O)Nc1ccc2cc(Br)ccc2n1. The summed E-state index contributed by atoms with van der Waals surface area (Å²) in [7, 11) is -2.92. The van der Waals surface area contributed by atoms with E-state index in [4.69, 9.17) is 0 Å². The number of fused-ring (bicyclic) bond motifs is 1. The van der Waals surface area contributed by atoms with Gasteiger partial charge in [0.1, 0.15) is 15.7 Å². The van der Waals surface area contributed by atoms with E-state index in [1.165, 1.54) is 6.26 Å². The Bertz CT molecular complexity index is 716. The molecule has 1 atom stereocenters. The molecule has 0 spiro atoms. The van der Waals surface area contributed by atoms with Gasteiger partial charge < -0.3 is 5.32 Å². The monoisotopic (exact) mass is 356 g/mol. The van der Waals surface area contributed by atoms with Gasteiger partial charge >= 0.3 is 0 Å². The van der Waals surface area contributed by atoms with Gasteiger partial charge in [-0.15, -0.1) is 0 Å². The lowest BCUT2D eigenvalue weighted by atomic mass is 10.2. The fraction of sp³-hybridized carbons (Fsp3) is 0.357. The summed E-state index contributed by atoms with van der Waals surface area (Å²) in [6.07, 6.45) is 1.82. The quantitative estimate of drug-likeness (QED) is 0.893. The molecule has 0 aliphatic heterocycles. The molecule has 0 radical (unpaired) electrons. The molecule has 4 nitrogen and oxygen atoms in total. The van der Waals surface area contributed by atoms with Crippen LogP contribution in [-0.4, -0.2) is 31.5 Å². The highest BCUT2D eigenvalue weighted by atomic mass is 79.9. The number of hydrogen-bond donors (Lipinski definition) is 1. The van der Waals surface area contributed by atoms with E-state index in [-0.39, 0.29) is 11.8 Å². The maximum absolute atomic E-state index is 11.1. The second-order valence-electron chi connectivity index (χ2n) is 5.00. The highest BCUT2D eigenvalue weighted by Crippen LogP contribution is 2.20. The number of halogens is 1. The lowest BCUT2D eigenvalue weighted by Crippen LogP contribution is -2.20. The van der Waals surface area contributed by atoms with Gasteiger partial charge in [-0.25, -0.2) is 13.4 Å². The van der Waals surface area contributed by atoms with Crippen molar-refractivity contribution < 1.29 is 8.42 Å². The van der Waals surface area contributed by atoms with Crippen LogP contribution in [0, 0.1) is 0 Å². The Balaban J connectivity index is 2.08. The van der Waals surface area contributed by atoms with Crippen molar-refractivity contribution in [2.45, 2.75) is 19.4 Å². The summed E-state index contributed by atoms with van der Waals surface area (Å²) in [4.78, 5) is 4.52. The van der Waals surface area contributed by atoms with Gasteiger partial charge in [0, 0.05) is 22.2 Å². The largest absolute Gasteiger partial charge is 0.368 e. The lowest BCUT2D eigenvalue weighted by Gasteiger charge is -2.14. The number of sulfone groups is 1. The predicted octanol–water partition coefficient (Wildman–Crippen LogP) is 3.23. The Morgan fingerprint density at radius 2 is 2.05 bits per heavy atom. The molecule has 0 aliphatic carbocycles. The summed E-state index contributed by atoms with van der Waals surface area (Å²) < 4.78 is 23.3. The van der Waals surface area contributed by atoms with Crippen LogP contribution in [0.15, 0.2) is 34.8 Å². The molecule has 2 aromatic rings. The maximum Gasteiger partial charge on any atom is 0.147 e. The summed E-state index contributed by atoms with van der Waals surface area (Å²) in [6, 6.07) is 9.88. The first-order chi connectivity index (χ1) is 9.33. The van der Waals surface area contributed by atoms with Crippen molar-refractivity contribution in [2.75, 3.05) is 17.3 Å². The molecule has 1 heterocycles. The van der Waals surface area contributed by atoms with Crippen molar-refractivity contribution in [1.29, 1.82) is 0 Å². The van der Waals surface area contributed by atoms with Crippen LogP contribution in [0.1, 0.15) is 13.3 Å². The minimum Gasteiger partial charge on any atom is -0.368 e. The second-order valence-corrected chi connectivity index (χ2v) is 8.17. The van der Waals surface area contributed by atoms with E-state index in [9.17, 15) is 8.42 Å². The third kappa shape index (κ3) is 4.45. The fourth-order valence-corrected chi connectivity index (χ4v) is 3.05. The minimum atomic E-state index is -2.92. The van der Waals surface area contributed by atoms with Gasteiger partial charge in [0.25, 0.3) is 0 Å². The highest BCUT2D eigenvalue weighted by molar-refractivity contribution is 9.10. The molecular weight excluding hydrogens is 340 g/mol. The summed E-state index contributed by atoms with van der Waals surface area (Å²) in [6.45, 7) is 1.96. The third-order valence-electron chi connectivity index (χ3n) is 2.97. The molecule has 0 saturated heterocycles. The maximum atomic E-state index is 11.1. The molecule has 0 amide bonds. The van der Waals surface area contributed by atoms with Gasteiger partial charge in [-0.1, -0.05) is 15.9 Å². The molecule has 1 aromatic heterocycles. The van der Waals surface area contributed by atoms with Crippen molar-refractivity contribution in [3.05, 3.63) is 34.8 Å². The van der Waals surface area contributed by atoms with E-state index in [0.717, 1.165) is 21.2 Å². The van der Waals surface area contributed by atoms with Crippen LogP contribution in [0.5, 0.6) is 0 Å². The Morgan fingerprint density at radius 3 is 2.75 bits per heavy atom. The molecular formula is C14H17BrN2O2S. The van der Waals surface area contributed by atoms with Crippen LogP contribution in [0.2, 0.25) is 0 Å². The molecule has 1 unspecified atom stereocenters. The van der Waals surface area contributed by atoms with Crippen LogP contribution in [0.25, 0.3) is 10.9 Å². The molecule has 0 aliphatic rings. The molecule has 0 saturated carbocycles. The lowest BCUT2D eigenvalue weighted by molar-refractivity contribution is 0.595. The molecule has 2 rings (SSSR count). The fourth-order valence-electron chi connectivity index (χ4n) is 1.89. The third-order valence-corrected chi connectivity index (χ3v) is 4.44. The van der Waals surface area contributed by atoms with Crippen molar-refractivity contribution in [2.24, 2.45) is 0 Å². The molecule has 1 aromatic carbocycles. The van der Waals surface area contributed by atoms with Crippen molar-refractivity contribution in [3.8, 4) is 0 Å². The normalized spacial score (nSPS) is 13.3. The van der Waals surface area contributed by atoms with Gasteiger partial charge in [-0.3, -0.25) is 0 Å². The van der Waals surface area contributed by atoms with Gasteiger partial charge in [-0.2, -0.15) is 0 Å². The van der Waals surface area contributed by atoms with E-state index in [2.05, 4.69) is 26.2 Å². The first-order valence-corrected chi connectivity index (χ1v) is 9.19. The predicted molar refractivity (Wildman–Crippen MR) is 86.9 cm³/mol. The summed E-state index contributed by atoms with van der Waals surface area (Å²) in [5, 5.41) is 4.30. The Morgan fingerprint density at radius 1 is 1.30 bits per heavy atom. The Kier molecular flexibility index (Phi) is 4.65. The second kappa shape index (κ2) is 6.10. The van der Waals surface area contributed by atoms with Crippen LogP contribution < -0.4 is 5.32 Å². The molecule has 0 fully saturated rings. The number of hydrogen-bond acceptors (Lipinski definition) is 4. The van der Waals surface area contributed by atoms with Gasteiger partial charge in [0.15, 0.2) is 0 Å². The average molecular weight is 357 g/mol. The summed E-state index contributed by atoms with van der Waals surface area (Å²) in [5.74, 6) is 0.947. The summed E-state index contributed by atoms with van der Waals surface area (Å²) >= 11 is 3.43. The van der Waals surface area contributed by atoms with E-state index < -0.39 is 9.84 Å². The van der Waals surface area contributed by atoms with Crippen LogP contribution in [-0.2, 0) is 9.84 Å². The van der Waals surface area contributed by atoms with E-state index in [1.807, 2.05) is 37.3 Å². The first-order valence-electron chi connectivity index (χ1n) is 6.34. The zero-order valence-corrected chi connectivity index (χ0v) is 13.8. The minimum absolute atomic E-state index is 0.0603. The number of anilines is 1. The van der Waals surface area contributed by atoms with Gasteiger partial charge in [-0.05, 0) is 43.7 Å². The molecule has 6 heteroatoms. The molecule has 1 N–H and O–H groups in total. The zero-order chi connectivity index (χ0) is 14.8. The van der Waals surface area contributed by atoms with Crippen molar-refractivity contribution >= 4 is 42.5 Å². The number of pyridine rings is 1. The highest BCUT2D eigenvalue weighted by Gasteiger charge is 2.08. The summed E-state index contributed by atoms with van der Waals surface area (Å²) in [5.41, 5.74) is 0.911. The molecule has 20 heavy (non-hydrogen) atoms. The first kappa shape index (κ1) is 15.3. The van der Waals surface area contributed by atoms with Crippen LogP contribution in [0.3, 0.4) is 0 Å². The number of nitrogens with zero attached hydrogens (tertiary/aromatic N) is 1. The average Bonchev–Trinajstić information content (AvgIpc) is 2.36. The number of nitrogens with one attached hydrogen (secondary N) is 1. The van der Waals surface area contributed by atoms with Crippen molar-refractivity contribution in [1.82, 2.24) is 4.98 Å². The smallest absolute Gasteiger partial charge is 0.147 e. The number of aromatic nitrogens is 1. The van der Waals surface area contributed by atoms with Gasteiger partial charge in [0.05, 0.1) is 11.3 Å². The Hall–Kier alpha value is -1.14. The van der Waals surface area contributed by atoms with E-state index in [1.54, 1.807) is 0 Å². The number of rotatable bonds is 5. The van der Waals surface area contributed by atoms with Gasteiger partial charge in [0.2, 0.25) is 0 Å². The number of benzene rings is 1. The Labute approximate surface area is 127 Å². The van der Waals surface area contributed by atoms with Crippen LogP contribution >= 0.6 is 15.9 Å².